The highest BCUT2D eigenvalue weighted by Crippen LogP contribution is 2.18. The molecule has 1 fully saturated rings. The van der Waals surface area contributed by atoms with Gasteiger partial charge in [0.1, 0.15) is 36.5 Å². The summed E-state index contributed by atoms with van der Waals surface area (Å²) in [5.74, 6) is -4.19. The van der Waals surface area contributed by atoms with E-state index >= 15 is 0 Å². The number of aldehydes is 1. The first kappa shape index (κ1) is 46.6. The summed E-state index contributed by atoms with van der Waals surface area (Å²) in [5, 5.41) is 15.7. The zero-order valence-corrected chi connectivity index (χ0v) is 33.2. The van der Waals surface area contributed by atoms with Gasteiger partial charge in [-0.05, 0) is 57.3 Å². The van der Waals surface area contributed by atoms with Crippen molar-refractivity contribution in [3.63, 3.8) is 0 Å². The van der Waals surface area contributed by atoms with Crippen molar-refractivity contribution in [3.8, 4) is 0 Å². The lowest BCUT2D eigenvalue weighted by atomic mass is 10.0. The number of likely N-dealkylation sites (tertiary alicyclic amines) is 1. The molecule has 6 atom stereocenters. The Kier molecular flexibility index (Phi) is 19.5. The molecule has 1 saturated heterocycles. The number of nitrogens with two attached hydrogens (primary N) is 2. The monoisotopic (exact) mass is 788 g/mol. The van der Waals surface area contributed by atoms with Crippen molar-refractivity contribution < 1.29 is 38.4 Å². The lowest BCUT2D eigenvalue weighted by Gasteiger charge is -2.27. The molecule has 20 nitrogen and oxygen atoms in total. The summed E-state index contributed by atoms with van der Waals surface area (Å²) in [7, 11) is 0. The van der Waals surface area contributed by atoms with Crippen LogP contribution in [-0.4, -0.2) is 124 Å². The van der Waals surface area contributed by atoms with Crippen LogP contribution < -0.4 is 43.4 Å². The quantitative estimate of drug-likeness (QED) is 0.0250. The van der Waals surface area contributed by atoms with Gasteiger partial charge in [0.05, 0.1) is 18.9 Å². The molecule has 0 aliphatic carbocycles. The van der Waals surface area contributed by atoms with Crippen LogP contribution in [0.3, 0.4) is 0 Å². The van der Waals surface area contributed by atoms with E-state index in [-0.39, 0.29) is 55.9 Å². The highest BCUT2D eigenvalue weighted by Gasteiger charge is 2.36. The van der Waals surface area contributed by atoms with E-state index in [1.807, 2.05) is 27.7 Å². The fourth-order valence-electron chi connectivity index (χ4n) is 6.10. The average molecular weight is 789 g/mol. The topological polar surface area (TPSA) is 305 Å². The van der Waals surface area contributed by atoms with E-state index in [9.17, 15) is 38.4 Å². The lowest BCUT2D eigenvalue weighted by molar-refractivity contribution is -0.138. The van der Waals surface area contributed by atoms with E-state index in [0.29, 0.717) is 37.8 Å². The predicted octanol–water partition coefficient (Wildman–Crippen LogP) is -2.13. The van der Waals surface area contributed by atoms with Crippen molar-refractivity contribution in [2.24, 2.45) is 28.3 Å². The van der Waals surface area contributed by atoms with Crippen molar-refractivity contribution in [2.75, 3.05) is 19.6 Å². The van der Waals surface area contributed by atoms with Gasteiger partial charge in [0, 0.05) is 38.3 Å². The predicted molar refractivity (Wildman–Crippen MR) is 206 cm³/mol. The van der Waals surface area contributed by atoms with Crippen LogP contribution in [0.1, 0.15) is 85.8 Å². The number of aromatic nitrogens is 2. The number of aromatic amines is 1. The fourth-order valence-corrected chi connectivity index (χ4v) is 6.10. The highest BCUT2D eigenvalue weighted by atomic mass is 16.2. The molecule has 0 spiro atoms. The molecule has 20 heteroatoms. The molecule has 0 radical (unpaired) electrons. The van der Waals surface area contributed by atoms with Gasteiger partial charge in [0.2, 0.25) is 41.4 Å². The molecule has 1 aromatic rings. The number of nitrogens with one attached hydrogen (secondary N) is 7. The Morgan fingerprint density at radius 3 is 2.11 bits per heavy atom. The van der Waals surface area contributed by atoms with Crippen LogP contribution in [-0.2, 0) is 44.8 Å². The number of hydrogen-bond donors (Lipinski definition) is 9. The first-order valence-corrected chi connectivity index (χ1v) is 18.9. The van der Waals surface area contributed by atoms with Gasteiger partial charge >= 0.3 is 0 Å². The molecule has 0 aromatic carbocycles. The van der Waals surface area contributed by atoms with Crippen LogP contribution in [0.25, 0.3) is 0 Å². The van der Waals surface area contributed by atoms with Crippen LogP contribution in [0, 0.1) is 11.8 Å². The summed E-state index contributed by atoms with van der Waals surface area (Å²) in [6.45, 7) is 10.4. The number of hydrogen-bond acceptors (Lipinski definition) is 10. The molecule has 1 aromatic heterocycles. The van der Waals surface area contributed by atoms with Gasteiger partial charge in [-0.1, -0.05) is 27.7 Å². The minimum Gasteiger partial charge on any atom is -0.370 e. The number of guanidine groups is 1. The molecular formula is C36H60N12O8. The maximum Gasteiger partial charge on any atom is 0.243 e. The van der Waals surface area contributed by atoms with Gasteiger partial charge < -0.3 is 58.0 Å². The number of H-pyrrole nitrogens is 1. The van der Waals surface area contributed by atoms with Crippen LogP contribution in [0.5, 0.6) is 0 Å². The van der Waals surface area contributed by atoms with Gasteiger partial charge in [-0.3, -0.25) is 38.6 Å². The minimum atomic E-state index is -1.12. The summed E-state index contributed by atoms with van der Waals surface area (Å²) in [5.41, 5.74) is 11.1. The van der Waals surface area contributed by atoms with Gasteiger partial charge in [0.15, 0.2) is 5.96 Å². The molecule has 0 saturated carbocycles. The van der Waals surface area contributed by atoms with E-state index in [2.05, 4.69) is 46.9 Å². The van der Waals surface area contributed by atoms with Crippen molar-refractivity contribution in [1.29, 1.82) is 0 Å². The summed E-state index contributed by atoms with van der Waals surface area (Å²) >= 11 is 0. The Hall–Kier alpha value is -5.56. The molecule has 312 valence electrons. The van der Waals surface area contributed by atoms with Crippen LogP contribution in [0.2, 0.25) is 0 Å². The Balaban J connectivity index is 2.05. The van der Waals surface area contributed by atoms with Crippen LogP contribution in [0.4, 0.5) is 0 Å². The zero-order valence-electron chi connectivity index (χ0n) is 33.2. The summed E-state index contributed by atoms with van der Waals surface area (Å²) < 4.78 is 0. The maximum atomic E-state index is 13.7. The third-order valence-electron chi connectivity index (χ3n) is 8.91. The van der Waals surface area contributed by atoms with Gasteiger partial charge in [0.25, 0.3) is 0 Å². The smallest absolute Gasteiger partial charge is 0.243 e. The lowest BCUT2D eigenvalue weighted by Crippen LogP contribution is -2.58. The van der Waals surface area contributed by atoms with Crippen molar-refractivity contribution in [2.45, 2.75) is 123 Å². The number of nitrogens with zero attached hydrogens (tertiary/aromatic N) is 3. The second kappa shape index (κ2) is 23.4. The Morgan fingerprint density at radius 1 is 0.893 bits per heavy atom. The van der Waals surface area contributed by atoms with Gasteiger partial charge in [-0.15, -0.1) is 0 Å². The molecule has 1 aliphatic rings. The summed E-state index contributed by atoms with van der Waals surface area (Å²) in [4.78, 5) is 115. The number of aliphatic imine (C=N–C) groups is 1. The van der Waals surface area contributed by atoms with Gasteiger partial charge in [-0.25, -0.2) is 4.98 Å². The number of amides is 7. The Morgan fingerprint density at radius 2 is 1.54 bits per heavy atom. The SMILES string of the molecule is CC(=O)N1CCC[C@H]1C(=O)N[C@@H](Cc1cnc[nH]1)C(=O)N[C@@H](CC(C)C)C(=O)NCC(=O)N[C@@H](CC(C)C)C(=O)N[C@@H](C)C(=O)N[C@H](C=O)CCCN=C(N)N. The van der Waals surface area contributed by atoms with E-state index in [1.54, 1.807) is 0 Å². The number of imidazole rings is 1. The molecule has 56 heavy (non-hydrogen) atoms. The second-order valence-electron chi connectivity index (χ2n) is 14.8. The van der Waals surface area contributed by atoms with E-state index in [1.165, 1.54) is 31.3 Å². The number of carbonyl (C=O) groups excluding carboxylic acids is 8. The molecule has 2 rings (SSSR count). The maximum absolute atomic E-state index is 13.7. The zero-order chi connectivity index (χ0) is 41.9. The normalized spacial score (nSPS) is 16.4. The first-order chi connectivity index (χ1) is 26.4. The van der Waals surface area contributed by atoms with Crippen LogP contribution in [0.15, 0.2) is 17.5 Å². The minimum absolute atomic E-state index is 0.0285. The molecule has 11 N–H and O–H groups in total. The van der Waals surface area contributed by atoms with Crippen molar-refractivity contribution >= 4 is 53.6 Å². The van der Waals surface area contributed by atoms with Crippen molar-refractivity contribution in [3.05, 3.63) is 18.2 Å². The van der Waals surface area contributed by atoms with E-state index in [4.69, 9.17) is 11.5 Å². The van der Waals surface area contributed by atoms with Crippen LogP contribution >= 0.6 is 0 Å². The molecule has 0 bridgehead atoms. The molecule has 7 amide bonds. The van der Waals surface area contributed by atoms with Gasteiger partial charge in [-0.2, -0.15) is 0 Å². The third-order valence-corrected chi connectivity index (χ3v) is 8.91. The largest absolute Gasteiger partial charge is 0.370 e. The number of rotatable bonds is 23. The van der Waals surface area contributed by atoms with E-state index < -0.39 is 78.2 Å². The van der Waals surface area contributed by atoms with E-state index in [0.717, 1.165) is 0 Å². The molecule has 0 unspecified atom stereocenters. The third kappa shape index (κ3) is 16.4. The number of carbonyl (C=O) groups is 8. The fraction of sp³-hybridized carbons (Fsp3) is 0.667. The summed E-state index contributed by atoms with van der Waals surface area (Å²) in [6.07, 6.45) is 5.75. The first-order valence-electron chi connectivity index (χ1n) is 18.9. The average Bonchev–Trinajstić information content (AvgIpc) is 3.83. The second-order valence-corrected chi connectivity index (χ2v) is 14.8. The van der Waals surface area contributed by atoms with Crippen molar-refractivity contribution in [1.82, 2.24) is 46.8 Å². The summed E-state index contributed by atoms with van der Waals surface area (Å²) in [6, 6.07) is -5.88. The Bertz CT molecular complexity index is 1530. The Labute approximate surface area is 327 Å². The standard InChI is InChI=1S/C36H60N12O8/c1-20(2)13-26(46-34(55)28(15-25-16-39-19-42-25)47-35(56)29-10-8-12-48(29)23(6)50)32(53)41-17-30(51)45-27(14-21(3)4)33(54)43-22(5)31(52)44-24(18-49)9-7-11-40-36(37)38/h16,18-22,24,26-29H,7-15,17H2,1-6H3,(H,39,42)(H,41,53)(H,43,54)(H,44,52)(H,45,51)(H,46,55)(H,47,56)(H4,37,38,40)/t22-,24-,26-,27-,28-,29-/m0/s1. The highest BCUT2D eigenvalue weighted by molar-refractivity contribution is 5.96. The molecule has 1 aliphatic heterocycles. The molecular weight excluding hydrogens is 728 g/mol. The molecule has 2 heterocycles.